The van der Waals surface area contributed by atoms with Crippen molar-refractivity contribution in [1.82, 2.24) is 9.97 Å². The maximum Gasteiger partial charge on any atom is 0.160 e. The summed E-state index contributed by atoms with van der Waals surface area (Å²) >= 11 is 0. The summed E-state index contributed by atoms with van der Waals surface area (Å²) in [6.07, 6.45) is 0. The van der Waals surface area contributed by atoms with Crippen molar-refractivity contribution in [3.8, 4) is 78.7 Å². The zero-order chi connectivity index (χ0) is 39.6. The lowest BCUT2D eigenvalue weighted by atomic mass is 9.65. The molecule has 2 heterocycles. The van der Waals surface area contributed by atoms with E-state index in [1.807, 2.05) is 24.3 Å². The average Bonchev–Trinajstić information content (AvgIpc) is 3.62. The predicted molar refractivity (Wildman–Crippen MR) is 244 cm³/mol. The van der Waals surface area contributed by atoms with Crippen molar-refractivity contribution in [2.24, 2.45) is 0 Å². The average molecular weight is 765 g/mol. The molecule has 0 amide bonds. The third kappa shape index (κ3) is 5.16. The Morgan fingerprint density at radius 3 is 1.47 bits per heavy atom. The second-order valence-corrected chi connectivity index (χ2v) is 15.6. The molecule has 9 aromatic carbocycles. The van der Waals surface area contributed by atoms with Gasteiger partial charge in [0.1, 0.15) is 11.5 Å². The van der Waals surface area contributed by atoms with Crippen molar-refractivity contribution in [2.75, 3.05) is 0 Å². The number of hydrogen-bond acceptors (Lipinski definition) is 3. The first-order valence-electron chi connectivity index (χ1n) is 20.5. The Bertz CT molecular complexity index is 3230. The number of para-hydroxylation sites is 3. The summed E-state index contributed by atoms with van der Waals surface area (Å²) < 4.78 is 6.96. The molecule has 2 aliphatic rings. The molecular weight excluding hydrogens is 729 g/mol. The number of ether oxygens (including phenoxy) is 1. The molecular formula is C57H36N2O. The van der Waals surface area contributed by atoms with E-state index in [0.717, 1.165) is 67.3 Å². The largest absolute Gasteiger partial charge is 0.456 e. The van der Waals surface area contributed by atoms with Crippen LogP contribution in [0.15, 0.2) is 218 Å². The van der Waals surface area contributed by atoms with Crippen molar-refractivity contribution >= 4 is 10.9 Å². The summed E-state index contributed by atoms with van der Waals surface area (Å²) in [5.41, 5.74) is 17.7. The molecule has 1 aliphatic carbocycles. The highest BCUT2D eigenvalue weighted by molar-refractivity contribution is 5.95. The van der Waals surface area contributed by atoms with E-state index in [1.165, 1.54) is 44.5 Å². The van der Waals surface area contributed by atoms with Gasteiger partial charge in [-0.1, -0.05) is 206 Å². The third-order valence-electron chi connectivity index (χ3n) is 12.4. The minimum Gasteiger partial charge on any atom is -0.456 e. The topological polar surface area (TPSA) is 35.0 Å². The van der Waals surface area contributed by atoms with E-state index in [1.54, 1.807) is 0 Å². The van der Waals surface area contributed by atoms with Crippen LogP contribution in [0, 0.1) is 0 Å². The van der Waals surface area contributed by atoms with Gasteiger partial charge in [-0.3, -0.25) is 0 Å². The second kappa shape index (κ2) is 13.6. The molecule has 60 heavy (non-hydrogen) atoms. The fourth-order valence-corrected chi connectivity index (χ4v) is 9.74. The number of fused-ring (bicyclic) bond motifs is 10. The molecule has 3 nitrogen and oxygen atoms in total. The lowest BCUT2D eigenvalue weighted by Gasteiger charge is -2.40. The summed E-state index contributed by atoms with van der Waals surface area (Å²) in [6.45, 7) is 0. The standard InChI is InChI=1S/C57H36N2O/c1-2-15-41(16-3-1)56-58-52-27-12-8-21-47(52)54(59-56)40-35-33-38(34-36-40)43-18-5-4-17-42(43)37-29-31-39(32-30-37)44-22-14-26-51-55(44)60-53-28-13-11-25-50(53)57(51)48-23-9-6-19-45(48)46-20-7-10-24-49(46)57/h1-36H. The fraction of sp³-hybridized carbons (Fsp3) is 0.0175. The van der Waals surface area contributed by atoms with Crippen LogP contribution in [0.4, 0.5) is 0 Å². The first-order valence-corrected chi connectivity index (χ1v) is 20.5. The van der Waals surface area contributed by atoms with Gasteiger partial charge in [-0.05, 0) is 62.2 Å². The van der Waals surface area contributed by atoms with Crippen LogP contribution in [-0.4, -0.2) is 9.97 Å². The monoisotopic (exact) mass is 764 g/mol. The van der Waals surface area contributed by atoms with E-state index in [2.05, 4.69) is 194 Å². The zero-order valence-corrected chi connectivity index (χ0v) is 32.6. The summed E-state index contributed by atoms with van der Waals surface area (Å²) in [4.78, 5) is 10.0. The molecule has 3 heteroatoms. The van der Waals surface area contributed by atoms with Gasteiger partial charge in [0.15, 0.2) is 5.82 Å². The van der Waals surface area contributed by atoms with Gasteiger partial charge in [-0.2, -0.15) is 0 Å². The van der Waals surface area contributed by atoms with Crippen molar-refractivity contribution in [1.29, 1.82) is 0 Å². The molecule has 0 radical (unpaired) electrons. The van der Waals surface area contributed by atoms with Gasteiger partial charge in [0.25, 0.3) is 0 Å². The van der Waals surface area contributed by atoms with Crippen LogP contribution in [0.1, 0.15) is 22.3 Å². The van der Waals surface area contributed by atoms with Crippen LogP contribution >= 0.6 is 0 Å². The summed E-state index contributed by atoms with van der Waals surface area (Å²) in [7, 11) is 0. The SMILES string of the molecule is c1ccc(-c2nc(-c3ccc(-c4ccccc4-c4ccc(-c5cccc6c5Oc5ccccc5C65c6ccccc6-c6ccccc65)cc4)cc3)c3ccccc3n2)cc1. The molecule has 0 unspecified atom stereocenters. The Hall–Kier alpha value is -7.88. The molecule has 12 rings (SSSR count). The van der Waals surface area contributed by atoms with Gasteiger partial charge in [-0.15, -0.1) is 0 Å². The summed E-state index contributed by atoms with van der Waals surface area (Å²) in [5, 5.41) is 1.03. The second-order valence-electron chi connectivity index (χ2n) is 15.6. The highest BCUT2D eigenvalue weighted by Crippen LogP contribution is 2.63. The van der Waals surface area contributed by atoms with E-state index in [-0.39, 0.29) is 0 Å². The molecule has 0 saturated carbocycles. The first kappa shape index (κ1) is 34.2. The van der Waals surface area contributed by atoms with Crippen LogP contribution in [0.3, 0.4) is 0 Å². The Kier molecular flexibility index (Phi) is 7.76. The van der Waals surface area contributed by atoms with Gasteiger partial charge in [0.2, 0.25) is 0 Å². The van der Waals surface area contributed by atoms with Gasteiger partial charge >= 0.3 is 0 Å². The van der Waals surface area contributed by atoms with Gasteiger partial charge in [-0.25, -0.2) is 9.97 Å². The molecule has 280 valence electrons. The van der Waals surface area contributed by atoms with Crippen molar-refractivity contribution in [2.45, 2.75) is 5.41 Å². The number of nitrogens with zero attached hydrogens (tertiary/aromatic N) is 2. The van der Waals surface area contributed by atoms with E-state index in [0.29, 0.717) is 0 Å². The van der Waals surface area contributed by atoms with Crippen molar-refractivity contribution < 1.29 is 4.74 Å². The molecule has 10 aromatic rings. The highest BCUT2D eigenvalue weighted by atomic mass is 16.5. The molecule has 0 saturated heterocycles. The maximum absolute atomic E-state index is 6.96. The molecule has 0 bridgehead atoms. The molecule has 0 atom stereocenters. The minimum atomic E-state index is -0.494. The molecule has 1 spiro atoms. The highest BCUT2D eigenvalue weighted by Gasteiger charge is 2.51. The molecule has 0 N–H and O–H groups in total. The number of rotatable bonds is 5. The van der Waals surface area contributed by atoms with E-state index < -0.39 is 5.41 Å². The van der Waals surface area contributed by atoms with Crippen molar-refractivity contribution in [3.05, 3.63) is 241 Å². The van der Waals surface area contributed by atoms with Crippen molar-refractivity contribution in [3.63, 3.8) is 0 Å². The molecule has 0 fully saturated rings. The fourth-order valence-electron chi connectivity index (χ4n) is 9.74. The van der Waals surface area contributed by atoms with E-state index in [9.17, 15) is 0 Å². The summed E-state index contributed by atoms with van der Waals surface area (Å²) in [5.74, 6) is 2.52. The van der Waals surface area contributed by atoms with Crippen LogP contribution in [0.5, 0.6) is 11.5 Å². The first-order chi connectivity index (χ1) is 29.8. The maximum atomic E-state index is 6.96. The smallest absolute Gasteiger partial charge is 0.160 e. The van der Waals surface area contributed by atoms with Crippen LogP contribution in [0.25, 0.3) is 78.1 Å². The minimum absolute atomic E-state index is 0.494. The quantitative estimate of drug-likeness (QED) is 0.175. The Morgan fingerprint density at radius 2 is 0.800 bits per heavy atom. The normalized spacial score (nSPS) is 12.9. The van der Waals surface area contributed by atoms with E-state index >= 15 is 0 Å². The predicted octanol–water partition coefficient (Wildman–Crippen LogP) is 14.4. The van der Waals surface area contributed by atoms with Crippen LogP contribution in [-0.2, 0) is 5.41 Å². The lowest BCUT2D eigenvalue weighted by molar-refractivity contribution is 0.438. The van der Waals surface area contributed by atoms with Gasteiger partial charge in [0.05, 0.1) is 16.6 Å². The Labute approximate surface area is 348 Å². The van der Waals surface area contributed by atoms with E-state index in [4.69, 9.17) is 14.7 Å². The van der Waals surface area contributed by atoms with Gasteiger partial charge in [0, 0.05) is 33.2 Å². The Morgan fingerprint density at radius 1 is 0.317 bits per heavy atom. The Balaban J connectivity index is 0.922. The number of hydrogen-bond donors (Lipinski definition) is 0. The zero-order valence-electron chi connectivity index (χ0n) is 32.6. The van der Waals surface area contributed by atoms with Gasteiger partial charge < -0.3 is 4.74 Å². The third-order valence-corrected chi connectivity index (χ3v) is 12.4. The number of benzene rings is 9. The lowest BCUT2D eigenvalue weighted by Crippen LogP contribution is -2.32. The molecule has 1 aromatic heterocycles. The van der Waals surface area contributed by atoms with Crippen LogP contribution in [0.2, 0.25) is 0 Å². The number of aromatic nitrogens is 2. The molecule has 1 aliphatic heterocycles. The summed E-state index contributed by atoms with van der Waals surface area (Å²) in [6, 6.07) is 77.8. The van der Waals surface area contributed by atoms with Crippen LogP contribution < -0.4 is 4.74 Å².